The SMILES string of the molecule is CC(C)(CN)CCCN1CCCC(C(F)(F)F)C1. The van der Waals surface area contributed by atoms with Crippen LogP contribution in [0, 0.1) is 11.3 Å². The molecule has 0 aromatic rings. The largest absolute Gasteiger partial charge is 0.393 e. The van der Waals surface area contributed by atoms with Crippen LogP contribution in [0.15, 0.2) is 0 Å². The summed E-state index contributed by atoms with van der Waals surface area (Å²) in [5.74, 6) is -1.13. The van der Waals surface area contributed by atoms with E-state index in [-0.39, 0.29) is 18.4 Å². The molecule has 0 amide bonds. The van der Waals surface area contributed by atoms with Crippen LogP contribution < -0.4 is 5.73 Å². The van der Waals surface area contributed by atoms with Crippen molar-refractivity contribution in [2.24, 2.45) is 17.1 Å². The van der Waals surface area contributed by atoms with Gasteiger partial charge in [-0.3, -0.25) is 0 Å². The third-order valence-corrected chi connectivity index (χ3v) is 3.85. The lowest BCUT2D eigenvalue weighted by Gasteiger charge is -2.34. The Bertz CT molecular complexity index is 251. The van der Waals surface area contributed by atoms with Crippen LogP contribution in [0.2, 0.25) is 0 Å². The second-order valence-corrected chi connectivity index (χ2v) is 6.15. The van der Waals surface area contributed by atoms with Gasteiger partial charge in [-0.25, -0.2) is 0 Å². The van der Waals surface area contributed by atoms with Crippen molar-refractivity contribution in [1.82, 2.24) is 4.90 Å². The summed E-state index contributed by atoms with van der Waals surface area (Å²) < 4.78 is 37.9. The number of nitrogens with zero attached hydrogens (tertiary/aromatic N) is 1. The van der Waals surface area contributed by atoms with E-state index in [0.29, 0.717) is 13.0 Å². The zero-order valence-electron chi connectivity index (χ0n) is 11.4. The quantitative estimate of drug-likeness (QED) is 0.828. The fourth-order valence-electron chi connectivity index (χ4n) is 2.41. The third kappa shape index (κ3) is 5.14. The lowest BCUT2D eigenvalue weighted by atomic mass is 9.88. The second kappa shape index (κ2) is 6.24. The summed E-state index contributed by atoms with van der Waals surface area (Å²) in [7, 11) is 0. The van der Waals surface area contributed by atoms with Crippen molar-refractivity contribution < 1.29 is 13.2 Å². The van der Waals surface area contributed by atoms with Gasteiger partial charge in [0.15, 0.2) is 0 Å². The van der Waals surface area contributed by atoms with Gasteiger partial charge < -0.3 is 10.6 Å². The zero-order chi connectivity index (χ0) is 13.8. The highest BCUT2D eigenvalue weighted by molar-refractivity contribution is 4.78. The molecule has 1 aliphatic rings. The molecule has 0 aromatic carbocycles. The van der Waals surface area contributed by atoms with Crippen molar-refractivity contribution >= 4 is 0 Å². The molecule has 1 heterocycles. The van der Waals surface area contributed by atoms with E-state index in [4.69, 9.17) is 5.73 Å². The predicted molar refractivity (Wildman–Crippen MR) is 67.3 cm³/mol. The van der Waals surface area contributed by atoms with Crippen molar-refractivity contribution in [2.45, 2.75) is 45.7 Å². The van der Waals surface area contributed by atoms with Crippen LogP contribution in [0.5, 0.6) is 0 Å². The first-order chi connectivity index (χ1) is 8.24. The number of hydrogen-bond acceptors (Lipinski definition) is 2. The van der Waals surface area contributed by atoms with E-state index < -0.39 is 12.1 Å². The molecule has 2 N–H and O–H groups in total. The normalized spacial score (nSPS) is 23.3. The van der Waals surface area contributed by atoms with Crippen molar-refractivity contribution in [3.63, 3.8) is 0 Å². The van der Waals surface area contributed by atoms with Crippen LogP contribution in [0.25, 0.3) is 0 Å². The minimum atomic E-state index is -4.03. The Balaban J connectivity index is 2.31. The molecular weight excluding hydrogens is 241 g/mol. The van der Waals surface area contributed by atoms with E-state index >= 15 is 0 Å². The lowest BCUT2D eigenvalue weighted by Crippen LogP contribution is -2.42. The zero-order valence-corrected chi connectivity index (χ0v) is 11.4. The van der Waals surface area contributed by atoms with Crippen molar-refractivity contribution in [2.75, 3.05) is 26.2 Å². The van der Waals surface area contributed by atoms with Crippen LogP contribution >= 0.6 is 0 Å². The summed E-state index contributed by atoms with van der Waals surface area (Å²) >= 11 is 0. The van der Waals surface area contributed by atoms with Gasteiger partial charge in [0.05, 0.1) is 5.92 Å². The molecule has 1 fully saturated rings. The maximum atomic E-state index is 12.6. The van der Waals surface area contributed by atoms with Gasteiger partial charge in [-0.1, -0.05) is 13.8 Å². The third-order valence-electron chi connectivity index (χ3n) is 3.85. The average molecular weight is 266 g/mol. The molecule has 0 spiro atoms. The molecular formula is C13H25F3N2. The number of halogens is 3. The van der Waals surface area contributed by atoms with Crippen molar-refractivity contribution in [3.8, 4) is 0 Å². The molecule has 0 radical (unpaired) electrons. The van der Waals surface area contributed by atoms with Crippen LogP contribution in [-0.4, -0.2) is 37.3 Å². The van der Waals surface area contributed by atoms with Crippen LogP contribution in [-0.2, 0) is 0 Å². The van der Waals surface area contributed by atoms with Gasteiger partial charge in [0.1, 0.15) is 0 Å². The van der Waals surface area contributed by atoms with Crippen molar-refractivity contribution in [1.29, 1.82) is 0 Å². The molecule has 108 valence electrons. The molecule has 0 aromatic heterocycles. The van der Waals surface area contributed by atoms with Crippen LogP contribution in [0.4, 0.5) is 13.2 Å². The average Bonchev–Trinajstić information content (AvgIpc) is 2.28. The first kappa shape index (κ1) is 15.8. The highest BCUT2D eigenvalue weighted by Gasteiger charge is 2.41. The van der Waals surface area contributed by atoms with E-state index in [1.807, 2.05) is 4.90 Å². The maximum Gasteiger partial charge on any atom is 0.393 e. The molecule has 1 rings (SSSR count). The van der Waals surface area contributed by atoms with Gasteiger partial charge in [0, 0.05) is 6.54 Å². The van der Waals surface area contributed by atoms with Gasteiger partial charge in [0.2, 0.25) is 0 Å². The van der Waals surface area contributed by atoms with Crippen LogP contribution in [0.3, 0.4) is 0 Å². The fraction of sp³-hybridized carbons (Fsp3) is 1.00. The Labute approximate surface area is 108 Å². The highest BCUT2D eigenvalue weighted by Crippen LogP contribution is 2.33. The van der Waals surface area contributed by atoms with E-state index in [2.05, 4.69) is 13.8 Å². The topological polar surface area (TPSA) is 29.3 Å². The lowest BCUT2D eigenvalue weighted by molar-refractivity contribution is -0.186. The Kier molecular flexibility index (Phi) is 5.46. The molecule has 5 heteroatoms. The summed E-state index contributed by atoms with van der Waals surface area (Å²) in [6.07, 6.45) is -1.20. The molecule has 1 unspecified atom stereocenters. The van der Waals surface area contributed by atoms with E-state index in [9.17, 15) is 13.2 Å². The predicted octanol–water partition coefficient (Wildman–Crippen LogP) is 3.03. The maximum absolute atomic E-state index is 12.6. The molecule has 1 atom stereocenters. The van der Waals surface area contributed by atoms with Crippen LogP contribution in [0.1, 0.15) is 39.5 Å². The standard InChI is InChI=1S/C13H25F3N2/c1-12(2,10-17)6-4-8-18-7-3-5-11(9-18)13(14,15)16/h11H,3-10,17H2,1-2H3. The summed E-state index contributed by atoms with van der Waals surface area (Å²) in [4.78, 5) is 1.95. The smallest absolute Gasteiger partial charge is 0.330 e. The number of nitrogens with two attached hydrogens (primary N) is 1. The molecule has 18 heavy (non-hydrogen) atoms. The number of piperidine rings is 1. The van der Waals surface area contributed by atoms with E-state index in [1.165, 1.54) is 0 Å². The Morgan fingerprint density at radius 2 is 1.94 bits per heavy atom. The second-order valence-electron chi connectivity index (χ2n) is 6.15. The summed E-state index contributed by atoms with van der Waals surface area (Å²) in [5, 5.41) is 0. The minimum Gasteiger partial charge on any atom is -0.330 e. The molecule has 1 aliphatic heterocycles. The minimum absolute atomic E-state index is 0.0964. The Hall–Kier alpha value is -0.290. The number of alkyl halides is 3. The summed E-state index contributed by atoms with van der Waals surface area (Å²) in [5.41, 5.74) is 5.74. The molecule has 0 aliphatic carbocycles. The molecule has 1 saturated heterocycles. The molecule has 2 nitrogen and oxygen atoms in total. The van der Waals surface area contributed by atoms with E-state index in [0.717, 1.165) is 25.9 Å². The van der Waals surface area contributed by atoms with Gasteiger partial charge in [-0.2, -0.15) is 13.2 Å². The van der Waals surface area contributed by atoms with Gasteiger partial charge >= 0.3 is 6.18 Å². The van der Waals surface area contributed by atoms with Gasteiger partial charge in [-0.05, 0) is 50.7 Å². The van der Waals surface area contributed by atoms with Crippen molar-refractivity contribution in [3.05, 3.63) is 0 Å². The highest BCUT2D eigenvalue weighted by atomic mass is 19.4. The first-order valence-corrected chi connectivity index (χ1v) is 6.74. The summed E-state index contributed by atoms with van der Waals surface area (Å²) in [6, 6.07) is 0. The Morgan fingerprint density at radius 3 is 2.50 bits per heavy atom. The first-order valence-electron chi connectivity index (χ1n) is 6.74. The number of hydrogen-bond donors (Lipinski definition) is 1. The monoisotopic (exact) mass is 266 g/mol. The fourth-order valence-corrected chi connectivity index (χ4v) is 2.41. The summed E-state index contributed by atoms with van der Waals surface area (Å²) in [6.45, 7) is 6.56. The van der Waals surface area contributed by atoms with Gasteiger partial charge in [-0.15, -0.1) is 0 Å². The van der Waals surface area contributed by atoms with E-state index in [1.54, 1.807) is 0 Å². The van der Waals surface area contributed by atoms with Gasteiger partial charge in [0.25, 0.3) is 0 Å². The molecule has 0 saturated carbocycles. The Morgan fingerprint density at radius 1 is 1.28 bits per heavy atom. The number of likely N-dealkylation sites (tertiary alicyclic amines) is 1. The molecule has 0 bridgehead atoms. The number of rotatable bonds is 5.